The highest BCUT2D eigenvalue weighted by Gasteiger charge is 2.27. The molecule has 3 unspecified atom stereocenters. The summed E-state index contributed by atoms with van der Waals surface area (Å²) in [5.74, 6) is -5.17. The number of imidazole rings is 1. The summed E-state index contributed by atoms with van der Waals surface area (Å²) in [6.45, 7) is -0.636. The minimum atomic E-state index is -1.66. The summed E-state index contributed by atoms with van der Waals surface area (Å²) in [5, 5.41) is 25.7. The van der Waals surface area contributed by atoms with E-state index in [1.54, 1.807) is 6.20 Å². The molecule has 0 aliphatic rings. The molecule has 3 aromatic rings. The standard InChI is InChI=1S/C23H27N7O7/c24-15(6-13-9-25-11-28-13)21(34)30-17(5-12-8-26-16-4-2-1-3-14(12)16)22(35)27-10-19(31)29-18(23(36)37)7-20(32)33/h1-4,8-9,11,15,17-18,26H,5-7,10,24H2,(H,25,28)(H,27,35)(H,29,31)(H,30,34)(H,32,33)(H,36,37). The Labute approximate surface area is 210 Å². The van der Waals surface area contributed by atoms with Gasteiger partial charge in [-0.2, -0.15) is 0 Å². The number of para-hydroxylation sites is 1. The van der Waals surface area contributed by atoms with Crippen molar-refractivity contribution in [2.75, 3.05) is 6.54 Å². The summed E-state index contributed by atoms with van der Waals surface area (Å²) >= 11 is 0. The maximum absolute atomic E-state index is 13.0. The van der Waals surface area contributed by atoms with Crippen LogP contribution >= 0.6 is 0 Å². The lowest BCUT2D eigenvalue weighted by Crippen LogP contribution is -2.54. The number of nitrogens with zero attached hydrogens (tertiary/aromatic N) is 1. The molecule has 2 heterocycles. The number of aliphatic carboxylic acids is 2. The summed E-state index contributed by atoms with van der Waals surface area (Å²) in [6, 6.07) is 3.60. The highest BCUT2D eigenvalue weighted by molar-refractivity contribution is 5.94. The van der Waals surface area contributed by atoms with E-state index in [0.717, 1.165) is 16.5 Å². The Morgan fingerprint density at radius 2 is 1.73 bits per heavy atom. The Morgan fingerprint density at radius 3 is 2.41 bits per heavy atom. The minimum Gasteiger partial charge on any atom is -0.481 e. The number of amides is 3. The second-order valence-electron chi connectivity index (χ2n) is 8.29. The van der Waals surface area contributed by atoms with Gasteiger partial charge in [-0.05, 0) is 11.6 Å². The fraction of sp³-hybridized carbons (Fsp3) is 0.304. The predicted octanol–water partition coefficient (Wildman–Crippen LogP) is -1.35. The molecule has 0 spiro atoms. The summed E-state index contributed by atoms with van der Waals surface area (Å²) in [6.07, 6.45) is 4.06. The average Bonchev–Trinajstić information content (AvgIpc) is 3.51. The van der Waals surface area contributed by atoms with Gasteiger partial charge in [0.05, 0.1) is 25.3 Å². The molecule has 1 aromatic carbocycles. The molecule has 14 heteroatoms. The van der Waals surface area contributed by atoms with Crippen LogP contribution in [0.25, 0.3) is 10.9 Å². The molecule has 0 bridgehead atoms. The molecule has 0 saturated heterocycles. The van der Waals surface area contributed by atoms with Crippen LogP contribution in [0, 0.1) is 0 Å². The quantitative estimate of drug-likeness (QED) is 0.135. The van der Waals surface area contributed by atoms with Crippen LogP contribution in [0.1, 0.15) is 17.7 Å². The Bertz CT molecular complexity index is 1270. The van der Waals surface area contributed by atoms with E-state index in [0.29, 0.717) is 5.69 Å². The van der Waals surface area contributed by atoms with E-state index in [1.165, 1.54) is 12.5 Å². The van der Waals surface area contributed by atoms with Crippen LogP contribution in [0.15, 0.2) is 43.0 Å². The van der Waals surface area contributed by atoms with Crippen molar-refractivity contribution in [2.24, 2.45) is 5.73 Å². The van der Waals surface area contributed by atoms with Crippen molar-refractivity contribution in [3.8, 4) is 0 Å². The number of fused-ring (bicyclic) bond motifs is 1. The molecule has 37 heavy (non-hydrogen) atoms. The van der Waals surface area contributed by atoms with Crippen molar-refractivity contribution in [1.82, 2.24) is 30.9 Å². The molecule has 3 rings (SSSR count). The van der Waals surface area contributed by atoms with Crippen molar-refractivity contribution < 1.29 is 34.2 Å². The third-order valence-electron chi connectivity index (χ3n) is 5.50. The number of carbonyl (C=O) groups is 5. The Balaban J connectivity index is 1.69. The van der Waals surface area contributed by atoms with Gasteiger partial charge in [0.2, 0.25) is 17.7 Å². The smallest absolute Gasteiger partial charge is 0.326 e. The fourth-order valence-electron chi connectivity index (χ4n) is 3.65. The van der Waals surface area contributed by atoms with Gasteiger partial charge in [-0.1, -0.05) is 18.2 Å². The van der Waals surface area contributed by atoms with Gasteiger partial charge in [-0.15, -0.1) is 0 Å². The van der Waals surface area contributed by atoms with Crippen LogP contribution < -0.4 is 21.7 Å². The van der Waals surface area contributed by atoms with Gasteiger partial charge in [-0.25, -0.2) is 9.78 Å². The summed E-state index contributed by atoms with van der Waals surface area (Å²) in [7, 11) is 0. The molecule has 0 radical (unpaired) electrons. The molecule has 0 aliphatic carbocycles. The van der Waals surface area contributed by atoms with E-state index in [1.807, 2.05) is 29.6 Å². The summed E-state index contributed by atoms with van der Waals surface area (Å²) < 4.78 is 0. The molecular formula is C23H27N7O7. The van der Waals surface area contributed by atoms with E-state index in [4.69, 9.17) is 15.9 Å². The molecule has 2 aromatic heterocycles. The van der Waals surface area contributed by atoms with Gasteiger partial charge in [0, 0.05) is 41.8 Å². The second-order valence-corrected chi connectivity index (χ2v) is 8.29. The van der Waals surface area contributed by atoms with Crippen LogP contribution in [0.3, 0.4) is 0 Å². The minimum absolute atomic E-state index is 0.0662. The SMILES string of the molecule is NC(Cc1cnc[nH]1)C(=O)NC(Cc1c[nH]c2ccccc12)C(=O)NCC(=O)NC(CC(=O)O)C(=O)O. The number of aromatic nitrogens is 3. The van der Waals surface area contributed by atoms with Gasteiger partial charge in [-0.3, -0.25) is 19.2 Å². The lowest BCUT2D eigenvalue weighted by molar-refractivity contribution is -0.147. The number of benzene rings is 1. The number of carbonyl (C=O) groups excluding carboxylic acids is 3. The third-order valence-corrected chi connectivity index (χ3v) is 5.50. The zero-order valence-electron chi connectivity index (χ0n) is 19.6. The first-order chi connectivity index (χ1) is 17.6. The number of rotatable bonds is 13. The first-order valence-corrected chi connectivity index (χ1v) is 11.2. The van der Waals surface area contributed by atoms with E-state index >= 15 is 0 Å². The summed E-state index contributed by atoms with van der Waals surface area (Å²) in [4.78, 5) is 69.7. The van der Waals surface area contributed by atoms with E-state index < -0.39 is 60.8 Å². The number of aromatic amines is 2. The predicted molar refractivity (Wildman–Crippen MR) is 129 cm³/mol. The molecule has 14 nitrogen and oxygen atoms in total. The zero-order valence-corrected chi connectivity index (χ0v) is 19.6. The monoisotopic (exact) mass is 513 g/mol. The summed E-state index contributed by atoms with van der Waals surface area (Å²) in [5.41, 5.74) is 8.19. The molecule has 3 amide bonds. The normalized spacial score (nSPS) is 13.3. The van der Waals surface area contributed by atoms with Crippen molar-refractivity contribution in [3.63, 3.8) is 0 Å². The highest BCUT2D eigenvalue weighted by atomic mass is 16.4. The average molecular weight is 514 g/mol. The van der Waals surface area contributed by atoms with Crippen molar-refractivity contribution in [3.05, 3.63) is 54.2 Å². The van der Waals surface area contributed by atoms with Crippen LogP contribution in [-0.2, 0) is 36.8 Å². The number of hydrogen-bond donors (Lipinski definition) is 8. The Kier molecular flexibility index (Phi) is 8.94. The molecule has 0 fully saturated rings. The number of nitrogens with one attached hydrogen (secondary N) is 5. The molecular weight excluding hydrogens is 486 g/mol. The van der Waals surface area contributed by atoms with E-state index in [9.17, 15) is 24.0 Å². The molecule has 196 valence electrons. The van der Waals surface area contributed by atoms with Gasteiger partial charge >= 0.3 is 11.9 Å². The first kappa shape index (κ1) is 26.9. The molecule has 9 N–H and O–H groups in total. The van der Waals surface area contributed by atoms with E-state index in [-0.39, 0.29) is 12.8 Å². The lowest BCUT2D eigenvalue weighted by atomic mass is 10.0. The number of hydrogen-bond acceptors (Lipinski definition) is 7. The number of carboxylic acid groups (broad SMARTS) is 2. The van der Waals surface area contributed by atoms with Crippen molar-refractivity contribution in [2.45, 2.75) is 37.4 Å². The molecule has 0 saturated carbocycles. The Morgan fingerprint density at radius 1 is 0.973 bits per heavy atom. The van der Waals surface area contributed by atoms with Crippen LogP contribution in [0.4, 0.5) is 0 Å². The van der Waals surface area contributed by atoms with Crippen molar-refractivity contribution >= 4 is 40.6 Å². The van der Waals surface area contributed by atoms with Gasteiger partial charge < -0.3 is 41.9 Å². The highest BCUT2D eigenvalue weighted by Crippen LogP contribution is 2.19. The lowest BCUT2D eigenvalue weighted by Gasteiger charge is -2.21. The zero-order chi connectivity index (χ0) is 26.9. The van der Waals surface area contributed by atoms with Crippen LogP contribution in [0.5, 0.6) is 0 Å². The number of H-pyrrole nitrogens is 2. The van der Waals surface area contributed by atoms with Crippen molar-refractivity contribution in [1.29, 1.82) is 0 Å². The molecule has 0 aliphatic heterocycles. The van der Waals surface area contributed by atoms with Crippen LogP contribution in [-0.4, -0.2) is 79.5 Å². The molecule has 3 atom stereocenters. The number of carboxylic acids is 2. The number of nitrogens with two attached hydrogens (primary N) is 1. The first-order valence-electron chi connectivity index (χ1n) is 11.2. The maximum atomic E-state index is 13.0. The largest absolute Gasteiger partial charge is 0.481 e. The van der Waals surface area contributed by atoms with Crippen LogP contribution in [0.2, 0.25) is 0 Å². The van der Waals surface area contributed by atoms with Gasteiger partial charge in [0.15, 0.2) is 0 Å². The Hall–Kier alpha value is -4.72. The van der Waals surface area contributed by atoms with Gasteiger partial charge in [0.25, 0.3) is 0 Å². The second kappa shape index (κ2) is 12.3. The third kappa shape index (κ3) is 7.63. The maximum Gasteiger partial charge on any atom is 0.326 e. The topological polar surface area (TPSA) is 232 Å². The van der Waals surface area contributed by atoms with Gasteiger partial charge in [0.1, 0.15) is 12.1 Å². The fourth-order valence-corrected chi connectivity index (χ4v) is 3.65. The van der Waals surface area contributed by atoms with E-state index in [2.05, 4.69) is 25.6 Å².